The van der Waals surface area contributed by atoms with Crippen LogP contribution in [0.4, 0.5) is 0 Å². The molecule has 5 aliphatic heterocycles. The van der Waals surface area contributed by atoms with Crippen LogP contribution < -0.4 is 9.47 Å². The Morgan fingerprint density at radius 2 is 1.70 bits per heavy atom. The Bertz CT molecular complexity index is 832. The number of piperidine rings is 3. The minimum absolute atomic E-state index is 0.351. The van der Waals surface area contributed by atoms with Gasteiger partial charge in [-0.2, -0.15) is 0 Å². The first-order chi connectivity index (χ1) is 13.4. The normalized spacial score (nSPS) is 34.0. The maximum absolute atomic E-state index is 5.67. The molecule has 7 rings (SSSR count). The quantitative estimate of drug-likeness (QED) is 0.835. The van der Waals surface area contributed by atoms with E-state index in [1.54, 1.807) is 0 Å². The molecule has 0 aliphatic carbocycles. The number of benzene rings is 2. The zero-order valence-corrected chi connectivity index (χ0v) is 15.6. The first-order valence-corrected chi connectivity index (χ1v) is 10.3. The monoisotopic (exact) mass is 362 g/mol. The fourth-order valence-corrected chi connectivity index (χ4v) is 5.98. The third-order valence-corrected chi connectivity index (χ3v) is 7.15. The van der Waals surface area contributed by atoms with Crippen molar-refractivity contribution >= 4 is 0 Å². The summed E-state index contributed by atoms with van der Waals surface area (Å²) in [5.74, 6) is 3.21. The van der Waals surface area contributed by atoms with Gasteiger partial charge < -0.3 is 9.47 Å². The van der Waals surface area contributed by atoms with Gasteiger partial charge in [0.2, 0.25) is 6.79 Å². The molecular formula is C23H26N2O2. The van der Waals surface area contributed by atoms with Gasteiger partial charge in [0.15, 0.2) is 11.5 Å². The van der Waals surface area contributed by atoms with E-state index in [2.05, 4.69) is 58.3 Å². The molecule has 2 aromatic carbocycles. The van der Waals surface area contributed by atoms with Crippen LogP contribution in [-0.4, -0.2) is 48.3 Å². The minimum atomic E-state index is 0.351. The highest BCUT2D eigenvalue weighted by molar-refractivity contribution is 5.46. The number of nitrogens with zero attached hydrogens (tertiary/aromatic N) is 2. The SMILES string of the molecule is c1ccc(CN2C[C@H](c3ccc4c(c3)OCO4)[C@@H]3[C@H]2C2CCN3CC2)cc1. The highest BCUT2D eigenvalue weighted by Gasteiger charge is 2.53. The number of hydrogen-bond acceptors (Lipinski definition) is 4. The van der Waals surface area contributed by atoms with E-state index in [0.29, 0.717) is 24.8 Å². The van der Waals surface area contributed by atoms with E-state index >= 15 is 0 Å². The maximum Gasteiger partial charge on any atom is 0.231 e. The van der Waals surface area contributed by atoms with Crippen molar-refractivity contribution < 1.29 is 9.47 Å². The van der Waals surface area contributed by atoms with Crippen molar-refractivity contribution in [2.75, 3.05) is 26.4 Å². The maximum atomic E-state index is 5.67. The fourth-order valence-electron chi connectivity index (χ4n) is 5.98. The second kappa shape index (κ2) is 6.25. The molecule has 4 saturated heterocycles. The zero-order valence-electron chi connectivity index (χ0n) is 15.6. The molecular weight excluding hydrogens is 336 g/mol. The molecule has 4 heteroatoms. The predicted molar refractivity (Wildman–Crippen MR) is 104 cm³/mol. The van der Waals surface area contributed by atoms with Crippen molar-refractivity contribution in [3.63, 3.8) is 0 Å². The number of rotatable bonds is 3. The van der Waals surface area contributed by atoms with E-state index < -0.39 is 0 Å². The summed E-state index contributed by atoms with van der Waals surface area (Å²) in [6.07, 6.45) is 2.72. The van der Waals surface area contributed by atoms with Gasteiger partial charge in [0.05, 0.1) is 0 Å². The van der Waals surface area contributed by atoms with Crippen LogP contribution in [0.25, 0.3) is 0 Å². The first kappa shape index (κ1) is 16.0. The fraction of sp³-hybridized carbons (Fsp3) is 0.478. The molecule has 4 nitrogen and oxygen atoms in total. The van der Waals surface area contributed by atoms with Crippen molar-refractivity contribution in [3.8, 4) is 11.5 Å². The molecule has 0 spiro atoms. The van der Waals surface area contributed by atoms with E-state index in [-0.39, 0.29) is 0 Å². The van der Waals surface area contributed by atoms with Crippen molar-refractivity contribution in [1.82, 2.24) is 9.80 Å². The molecule has 0 saturated carbocycles. The first-order valence-electron chi connectivity index (χ1n) is 10.3. The molecule has 0 aromatic heterocycles. The highest BCUT2D eigenvalue weighted by Crippen LogP contribution is 2.48. The van der Waals surface area contributed by atoms with Gasteiger partial charge in [0.25, 0.3) is 0 Å². The summed E-state index contributed by atoms with van der Waals surface area (Å²) >= 11 is 0. The van der Waals surface area contributed by atoms with Gasteiger partial charge in [-0.25, -0.2) is 0 Å². The Morgan fingerprint density at radius 3 is 2.56 bits per heavy atom. The highest BCUT2D eigenvalue weighted by atomic mass is 16.7. The molecule has 140 valence electrons. The summed E-state index contributed by atoms with van der Waals surface area (Å²) in [4.78, 5) is 5.54. The lowest BCUT2D eigenvalue weighted by Gasteiger charge is -2.51. The zero-order chi connectivity index (χ0) is 17.8. The summed E-state index contributed by atoms with van der Waals surface area (Å²) in [6, 6.07) is 18.9. The molecule has 0 N–H and O–H groups in total. The number of likely N-dealkylation sites (tertiary alicyclic amines) is 1. The predicted octanol–water partition coefficient (Wildman–Crippen LogP) is 3.48. The molecule has 2 aromatic rings. The van der Waals surface area contributed by atoms with Crippen LogP contribution in [0.1, 0.15) is 29.9 Å². The van der Waals surface area contributed by atoms with Crippen LogP contribution in [0.3, 0.4) is 0 Å². The van der Waals surface area contributed by atoms with Crippen molar-refractivity contribution in [3.05, 3.63) is 59.7 Å². The number of ether oxygens (including phenoxy) is 2. The van der Waals surface area contributed by atoms with Gasteiger partial charge in [-0.15, -0.1) is 0 Å². The summed E-state index contributed by atoms with van der Waals surface area (Å²) in [5.41, 5.74) is 2.84. The average Bonchev–Trinajstić information content (AvgIpc) is 3.35. The molecule has 4 fully saturated rings. The third-order valence-electron chi connectivity index (χ3n) is 7.15. The van der Waals surface area contributed by atoms with Crippen LogP contribution in [0, 0.1) is 5.92 Å². The van der Waals surface area contributed by atoms with Crippen LogP contribution in [0.2, 0.25) is 0 Å². The molecule has 0 amide bonds. The molecule has 2 bridgehead atoms. The molecule has 3 atom stereocenters. The Hall–Kier alpha value is -2.04. The lowest BCUT2D eigenvalue weighted by atomic mass is 9.75. The van der Waals surface area contributed by atoms with Crippen LogP contribution >= 0.6 is 0 Å². The second-order valence-corrected chi connectivity index (χ2v) is 8.49. The van der Waals surface area contributed by atoms with Crippen molar-refractivity contribution in [1.29, 1.82) is 0 Å². The number of hydrogen-bond donors (Lipinski definition) is 0. The summed E-state index contributed by atoms with van der Waals surface area (Å²) in [5, 5.41) is 0. The van der Waals surface area contributed by atoms with E-state index in [4.69, 9.17) is 9.47 Å². The molecule has 5 aliphatic rings. The van der Waals surface area contributed by atoms with Crippen LogP contribution in [-0.2, 0) is 6.54 Å². The van der Waals surface area contributed by atoms with Crippen LogP contribution in [0.15, 0.2) is 48.5 Å². The molecule has 0 unspecified atom stereocenters. The van der Waals surface area contributed by atoms with Gasteiger partial charge in [0, 0.05) is 31.1 Å². The lowest BCUT2D eigenvalue weighted by Crippen LogP contribution is -2.59. The largest absolute Gasteiger partial charge is 0.454 e. The van der Waals surface area contributed by atoms with E-state index in [1.165, 1.54) is 37.1 Å². The molecule has 0 radical (unpaired) electrons. The van der Waals surface area contributed by atoms with E-state index in [9.17, 15) is 0 Å². The molecule has 5 heterocycles. The van der Waals surface area contributed by atoms with E-state index in [0.717, 1.165) is 30.5 Å². The Labute approximate surface area is 160 Å². The smallest absolute Gasteiger partial charge is 0.231 e. The third kappa shape index (κ3) is 2.58. The standard InChI is InChI=1S/C23H26N2O2/c1-2-4-16(5-3-1)13-25-14-19(18-6-7-20-21(12-18)27-15-26-20)23-22(25)17-8-10-24(23)11-9-17/h1-7,12,17,19,22-23H,8-11,13-15H2/t19-,22-,23-/m1/s1. The topological polar surface area (TPSA) is 24.9 Å². The lowest BCUT2D eigenvalue weighted by molar-refractivity contribution is -0.00869. The summed E-state index contributed by atoms with van der Waals surface area (Å²) in [7, 11) is 0. The summed E-state index contributed by atoms with van der Waals surface area (Å²) in [6.45, 7) is 5.09. The average molecular weight is 362 g/mol. The summed E-state index contributed by atoms with van der Waals surface area (Å²) < 4.78 is 11.2. The second-order valence-electron chi connectivity index (χ2n) is 8.49. The van der Waals surface area contributed by atoms with Gasteiger partial charge in [-0.3, -0.25) is 9.80 Å². The van der Waals surface area contributed by atoms with Gasteiger partial charge in [-0.05, 0) is 55.1 Å². The number of fused-ring (bicyclic) bond motifs is 3. The molecule has 27 heavy (non-hydrogen) atoms. The Kier molecular flexibility index (Phi) is 3.69. The Morgan fingerprint density at radius 1 is 0.889 bits per heavy atom. The Balaban J connectivity index is 1.35. The van der Waals surface area contributed by atoms with Crippen molar-refractivity contribution in [2.24, 2.45) is 5.92 Å². The minimum Gasteiger partial charge on any atom is -0.454 e. The van der Waals surface area contributed by atoms with Gasteiger partial charge in [-0.1, -0.05) is 36.4 Å². The van der Waals surface area contributed by atoms with Crippen LogP contribution in [0.5, 0.6) is 11.5 Å². The van der Waals surface area contributed by atoms with Gasteiger partial charge >= 0.3 is 0 Å². The van der Waals surface area contributed by atoms with Gasteiger partial charge in [0.1, 0.15) is 0 Å². The van der Waals surface area contributed by atoms with Crippen molar-refractivity contribution in [2.45, 2.75) is 37.4 Å². The van der Waals surface area contributed by atoms with E-state index in [1.807, 2.05) is 0 Å².